The minimum absolute atomic E-state index is 0.0781. The van der Waals surface area contributed by atoms with E-state index in [9.17, 15) is 13.2 Å². The molecule has 3 N–H and O–H groups in total. The van der Waals surface area contributed by atoms with E-state index >= 15 is 0 Å². The second-order valence-corrected chi connectivity index (χ2v) is 6.40. The molecule has 1 aliphatic rings. The zero-order valence-electron chi connectivity index (χ0n) is 10.8. The normalized spacial score (nSPS) is 19.7. The summed E-state index contributed by atoms with van der Waals surface area (Å²) in [6, 6.07) is 6.57. The second-order valence-electron chi connectivity index (χ2n) is 4.47. The van der Waals surface area contributed by atoms with Crippen LogP contribution in [0.25, 0.3) is 0 Å². The van der Waals surface area contributed by atoms with Crippen molar-refractivity contribution in [3.05, 3.63) is 35.7 Å². The third-order valence-corrected chi connectivity index (χ3v) is 4.18. The summed E-state index contributed by atoms with van der Waals surface area (Å²) < 4.78 is 27.8. The van der Waals surface area contributed by atoms with E-state index < -0.39 is 15.9 Å². The van der Waals surface area contributed by atoms with E-state index in [2.05, 4.69) is 5.32 Å². The number of nitrogens with two attached hydrogens (primary N) is 1. The Morgan fingerprint density at radius 3 is 2.80 bits per heavy atom. The van der Waals surface area contributed by atoms with Crippen LogP contribution >= 0.6 is 0 Å². The topological polar surface area (TPSA) is 98.5 Å². The fourth-order valence-electron chi connectivity index (χ4n) is 1.81. The number of sulfone groups is 1. The predicted molar refractivity (Wildman–Crippen MR) is 75.8 cm³/mol. The number of nitrogens with one attached hydrogen (secondary N) is 1. The van der Waals surface area contributed by atoms with Gasteiger partial charge in [0, 0.05) is 5.41 Å². The van der Waals surface area contributed by atoms with E-state index in [0.717, 1.165) is 5.41 Å². The molecule has 1 aromatic rings. The molecule has 2 rings (SSSR count). The van der Waals surface area contributed by atoms with Gasteiger partial charge in [-0.1, -0.05) is 12.1 Å². The van der Waals surface area contributed by atoms with Gasteiger partial charge >= 0.3 is 0 Å². The van der Waals surface area contributed by atoms with Crippen molar-refractivity contribution in [3.63, 3.8) is 0 Å². The molecule has 1 aromatic carbocycles. The zero-order chi connectivity index (χ0) is 14.6. The smallest absolute Gasteiger partial charge is 0.223 e. The molecule has 0 fully saturated rings. The summed E-state index contributed by atoms with van der Waals surface area (Å²) in [4.78, 5) is 11.6. The highest BCUT2D eigenvalue weighted by molar-refractivity contribution is 7.94. The second kappa shape index (κ2) is 5.96. The van der Waals surface area contributed by atoms with Gasteiger partial charge in [-0.3, -0.25) is 4.79 Å². The number of anilines is 1. The maximum Gasteiger partial charge on any atom is 0.223 e. The Bertz CT molecular complexity index is 625. The lowest BCUT2D eigenvalue weighted by molar-refractivity contribution is -0.121. The number of hydrogen-bond acceptors (Lipinski definition) is 5. The van der Waals surface area contributed by atoms with Gasteiger partial charge in [-0.2, -0.15) is 0 Å². The van der Waals surface area contributed by atoms with Crippen molar-refractivity contribution in [2.24, 2.45) is 0 Å². The van der Waals surface area contributed by atoms with E-state index in [1.54, 1.807) is 24.3 Å². The number of hydrogen-bond donors (Lipinski definition) is 2. The van der Waals surface area contributed by atoms with Crippen molar-refractivity contribution >= 4 is 21.4 Å². The molecule has 0 bridgehead atoms. The lowest BCUT2D eigenvalue weighted by Crippen LogP contribution is -2.36. The summed E-state index contributed by atoms with van der Waals surface area (Å²) in [7, 11) is -3.15. The molecule has 20 heavy (non-hydrogen) atoms. The first-order chi connectivity index (χ1) is 9.46. The molecular weight excluding hydrogens is 280 g/mol. The molecule has 0 aromatic heterocycles. The highest BCUT2D eigenvalue weighted by Gasteiger charge is 2.22. The van der Waals surface area contributed by atoms with Crippen LogP contribution in [0.5, 0.6) is 5.75 Å². The molecule has 0 saturated heterocycles. The van der Waals surface area contributed by atoms with Crippen LogP contribution in [-0.4, -0.2) is 32.7 Å². The van der Waals surface area contributed by atoms with Crippen molar-refractivity contribution in [1.82, 2.24) is 5.32 Å². The first-order valence-corrected chi connectivity index (χ1v) is 7.85. The van der Waals surface area contributed by atoms with Gasteiger partial charge in [0.15, 0.2) is 9.84 Å². The van der Waals surface area contributed by atoms with Crippen LogP contribution in [-0.2, 0) is 14.6 Å². The lowest BCUT2D eigenvalue weighted by atomic mass is 10.3. The quantitative estimate of drug-likeness (QED) is 0.769. The van der Waals surface area contributed by atoms with Crippen LogP contribution in [0.1, 0.15) is 6.42 Å². The summed E-state index contributed by atoms with van der Waals surface area (Å²) >= 11 is 0. The highest BCUT2D eigenvalue weighted by Crippen LogP contribution is 2.19. The van der Waals surface area contributed by atoms with Gasteiger partial charge in [0.05, 0.1) is 30.5 Å². The molecule has 0 saturated carbocycles. The molecule has 108 valence electrons. The van der Waals surface area contributed by atoms with Gasteiger partial charge in [-0.25, -0.2) is 8.42 Å². The fourth-order valence-corrected chi connectivity index (χ4v) is 3.05. The average molecular weight is 296 g/mol. The molecule has 6 nitrogen and oxygen atoms in total. The van der Waals surface area contributed by atoms with E-state index in [1.807, 2.05) is 0 Å². The Morgan fingerprint density at radius 1 is 1.40 bits per heavy atom. The number of para-hydroxylation sites is 2. The van der Waals surface area contributed by atoms with Gasteiger partial charge in [0.1, 0.15) is 5.75 Å². The SMILES string of the molecule is Nc1ccccc1OCCC(=O)NC1C=CS(=O)(=O)C1. The molecule has 1 amide bonds. The molecule has 1 unspecified atom stereocenters. The molecular formula is C13H16N2O4S. The molecule has 1 atom stereocenters. The van der Waals surface area contributed by atoms with Crippen molar-refractivity contribution in [2.45, 2.75) is 12.5 Å². The maximum absolute atomic E-state index is 11.6. The van der Waals surface area contributed by atoms with Gasteiger partial charge in [-0.15, -0.1) is 0 Å². The number of nitrogen functional groups attached to an aromatic ring is 1. The molecule has 0 spiro atoms. The van der Waals surface area contributed by atoms with Crippen LogP contribution in [0, 0.1) is 0 Å². The molecule has 7 heteroatoms. The van der Waals surface area contributed by atoms with Crippen LogP contribution in [0.3, 0.4) is 0 Å². The van der Waals surface area contributed by atoms with E-state index in [1.165, 1.54) is 6.08 Å². The lowest BCUT2D eigenvalue weighted by Gasteiger charge is -2.11. The maximum atomic E-state index is 11.6. The van der Waals surface area contributed by atoms with Gasteiger partial charge in [-0.05, 0) is 18.2 Å². The number of ether oxygens (including phenoxy) is 1. The standard InChI is InChI=1S/C13H16N2O4S/c14-11-3-1-2-4-12(11)19-7-5-13(16)15-10-6-8-20(17,18)9-10/h1-4,6,8,10H,5,7,9,14H2,(H,15,16). The van der Waals surface area contributed by atoms with E-state index in [0.29, 0.717) is 11.4 Å². The average Bonchev–Trinajstić information content (AvgIpc) is 2.71. The van der Waals surface area contributed by atoms with Crippen LogP contribution in [0.2, 0.25) is 0 Å². The Labute approximate surface area is 117 Å². The van der Waals surface area contributed by atoms with Crippen molar-refractivity contribution in [2.75, 3.05) is 18.1 Å². The third kappa shape index (κ3) is 3.99. The summed E-state index contributed by atoms with van der Waals surface area (Å²) in [5, 5.41) is 3.74. The molecule has 1 aliphatic heterocycles. The summed E-state index contributed by atoms with van der Waals surface area (Å²) in [6.45, 7) is 0.184. The van der Waals surface area contributed by atoms with Crippen LogP contribution in [0.15, 0.2) is 35.7 Å². The predicted octanol–water partition coefficient (Wildman–Crippen LogP) is 0.465. The Balaban J connectivity index is 1.74. The fraction of sp³-hybridized carbons (Fsp3) is 0.308. The first-order valence-electron chi connectivity index (χ1n) is 6.14. The first kappa shape index (κ1) is 14.4. The molecule has 1 heterocycles. The van der Waals surface area contributed by atoms with Crippen molar-refractivity contribution in [3.8, 4) is 5.75 Å². The van der Waals surface area contributed by atoms with E-state index in [-0.39, 0.29) is 24.7 Å². The monoisotopic (exact) mass is 296 g/mol. The minimum Gasteiger partial charge on any atom is -0.491 e. The van der Waals surface area contributed by atoms with Gasteiger partial charge < -0.3 is 15.8 Å². The number of carbonyl (C=O) groups excluding carboxylic acids is 1. The van der Waals surface area contributed by atoms with E-state index in [4.69, 9.17) is 10.5 Å². The molecule has 0 aliphatic carbocycles. The number of amides is 1. The minimum atomic E-state index is -3.15. The Morgan fingerprint density at radius 2 is 2.15 bits per heavy atom. The highest BCUT2D eigenvalue weighted by atomic mass is 32.2. The number of rotatable bonds is 5. The summed E-state index contributed by atoms with van der Waals surface area (Å²) in [5.74, 6) is 0.195. The zero-order valence-corrected chi connectivity index (χ0v) is 11.6. The Hall–Kier alpha value is -2.02. The summed E-state index contributed by atoms with van der Waals surface area (Å²) in [6.07, 6.45) is 1.61. The van der Waals surface area contributed by atoms with Crippen molar-refractivity contribution in [1.29, 1.82) is 0 Å². The van der Waals surface area contributed by atoms with Crippen molar-refractivity contribution < 1.29 is 17.9 Å². The Kier molecular flexibility index (Phi) is 4.29. The largest absolute Gasteiger partial charge is 0.491 e. The number of benzene rings is 1. The van der Waals surface area contributed by atoms with Crippen LogP contribution in [0.4, 0.5) is 5.69 Å². The number of carbonyl (C=O) groups is 1. The third-order valence-electron chi connectivity index (χ3n) is 2.78. The summed E-state index contributed by atoms with van der Waals surface area (Å²) in [5.41, 5.74) is 6.21. The molecule has 0 radical (unpaired) electrons. The van der Waals surface area contributed by atoms with Crippen LogP contribution < -0.4 is 15.8 Å². The van der Waals surface area contributed by atoms with Gasteiger partial charge in [0.25, 0.3) is 0 Å². The van der Waals surface area contributed by atoms with Gasteiger partial charge in [0.2, 0.25) is 5.91 Å².